The predicted octanol–water partition coefficient (Wildman–Crippen LogP) is 2.74. The summed E-state index contributed by atoms with van der Waals surface area (Å²) in [6, 6.07) is 9.79. The molecule has 0 aliphatic carbocycles. The Kier molecular flexibility index (Phi) is 5.94. The number of aryl methyl sites for hydroxylation is 2. The average molecular weight is 533 g/mol. The molecule has 4 fully saturated rings. The molecular formula is C31H40N4O4. The molecular weight excluding hydrogens is 492 g/mol. The minimum absolute atomic E-state index is 0.384. The van der Waals surface area contributed by atoms with Crippen LogP contribution in [0.25, 0.3) is 0 Å². The van der Waals surface area contributed by atoms with Gasteiger partial charge in [-0.3, -0.25) is 0 Å². The molecule has 4 atom stereocenters. The summed E-state index contributed by atoms with van der Waals surface area (Å²) in [5, 5.41) is 0. The van der Waals surface area contributed by atoms with Gasteiger partial charge in [-0.15, -0.1) is 0 Å². The van der Waals surface area contributed by atoms with Gasteiger partial charge in [-0.05, 0) is 66.8 Å². The Morgan fingerprint density at radius 2 is 0.795 bits per heavy atom. The van der Waals surface area contributed by atoms with Crippen molar-refractivity contribution in [2.45, 2.75) is 44.7 Å². The van der Waals surface area contributed by atoms with Crippen LogP contribution in [0.15, 0.2) is 24.3 Å². The first kappa shape index (κ1) is 24.3. The predicted molar refractivity (Wildman–Crippen MR) is 153 cm³/mol. The summed E-state index contributed by atoms with van der Waals surface area (Å²) in [4.78, 5) is 10.2. The maximum Gasteiger partial charge on any atom is 0.0984 e. The number of epoxide rings is 4. The first-order chi connectivity index (χ1) is 19.1. The van der Waals surface area contributed by atoms with E-state index in [0.717, 1.165) is 85.2 Å². The molecule has 8 nitrogen and oxygen atoms in total. The van der Waals surface area contributed by atoms with Gasteiger partial charge in [0.2, 0.25) is 0 Å². The monoisotopic (exact) mass is 532 g/mol. The fourth-order valence-corrected chi connectivity index (χ4v) is 6.45. The number of hydrogen-bond donors (Lipinski definition) is 0. The van der Waals surface area contributed by atoms with E-state index in [0.29, 0.717) is 24.4 Å². The quantitative estimate of drug-likeness (QED) is 0.433. The van der Waals surface area contributed by atoms with Gasteiger partial charge < -0.3 is 38.5 Å². The summed E-state index contributed by atoms with van der Waals surface area (Å²) in [6.45, 7) is 16.3. The van der Waals surface area contributed by atoms with Crippen LogP contribution in [-0.4, -0.2) is 103 Å². The van der Waals surface area contributed by atoms with Crippen LogP contribution in [0.2, 0.25) is 0 Å². The van der Waals surface area contributed by atoms with Crippen LogP contribution in [0.3, 0.4) is 0 Å². The lowest BCUT2D eigenvalue weighted by atomic mass is 9.93. The highest BCUT2D eigenvalue weighted by Gasteiger charge is 2.35. The lowest BCUT2D eigenvalue weighted by Gasteiger charge is -2.40. The molecule has 0 aromatic heterocycles. The van der Waals surface area contributed by atoms with Crippen molar-refractivity contribution in [3.8, 4) is 0 Å². The van der Waals surface area contributed by atoms with Gasteiger partial charge in [-0.1, -0.05) is 0 Å². The molecule has 39 heavy (non-hydrogen) atoms. The molecule has 208 valence electrons. The van der Waals surface area contributed by atoms with Gasteiger partial charge >= 0.3 is 0 Å². The summed E-state index contributed by atoms with van der Waals surface area (Å²) in [5.74, 6) is 0. The zero-order valence-electron chi connectivity index (χ0n) is 23.2. The molecule has 8 rings (SSSR count). The summed E-state index contributed by atoms with van der Waals surface area (Å²) >= 11 is 0. The third-order valence-electron chi connectivity index (χ3n) is 9.20. The Morgan fingerprint density at radius 1 is 0.513 bits per heavy atom. The first-order valence-electron chi connectivity index (χ1n) is 14.8. The van der Waals surface area contributed by atoms with E-state index in [-0.39, 0.29) is 0 Å². The fraction of sp³-hybridized carbons (Fsp3) is 0.613. The van der Waals surface area contributed by atoms with Crippen molar-refractivity contribution in [1.29, 1.82) is 0 Å². The van der Waals surface area contributed by atoms with Crippen molar-refractivity contribution in [1.82, 2.24) is 0 Å². The van der Waals surface area contributed by atoms with Gasteiger partial charge in [-0.2, -0.15) is 0 Å². The van der Waals surface area contributed by atoms with Crippen LogP contribution in [0.5, 0.6) is 0 Å². The number of rotatable bonds is 10. The topological polar surface area (TPSA) is 63.1 Å². The second-order valence-corrected chi connectivity index (χ2v) is 12.3. The van der Waals surface area contributed by atoms with Crippen molar-refractivity contribution in [2.75, 3.05) is 98.4 Å². The molecule has 0 spiro atoms. The maximum absolute atomic E-state index is 5.62. The van der Waals surface area contributed by atoms with Gasteiger partial charge in [0.1, 0.15) is 0 Å². The molecule has 0 bridgehead atoms. The third-order valence-corrected chi connectivity index (χ3v) is 9.20. The molecule has 6 aliphatic heterocycles. The number of nitrogens with zero attached hydrogens (tertiary/aromatic N) is 4. The van der Waals surface area contributed by atoms with Gasteiger partial charge in [0.05, 0.1) is 73.6 Å². The Labute approximate surface area is 231 Å². The third kappa shape index (κ3) is 5.20. The van der Waals surface area contributed by atoms with Gasteiger partial charge in [0.15, 0.2) is 0 Å². The second kappa shape index (κ2) is 9.54. The smallest absolute Gasteiger partial charge is 0.0984 e. The van der Waals surface area contributed by atoms with Crippen LogP contribution >= 0.6 is 0 Å². The zero-order valence-corrected chi connectivity index (χ0v) is 23.2. The van der Waals surface area contributed by atoms with Crippen LogP contribution in [-0.2, 0) is 25.4 Å². The van der Waals surface area contributed by atoms with Crippen molar-refractivity contribution >= 4 is 22.7 Å². The largest absolute Gasteiger partial charge is 0.371 e. The SMILES string of the molecule is Cc1cc2c(cc1Cc1cc3c(cc1C)N(CC1CO1)CCN3CC1CO1)N(CC1CO1)CCN2CC1CO1. The number of hydrogen-bond acceptors (Lipinski definition) is 8. The fourth-order valence-electron chi connectivity index (χ4n) is 6.45. The molecule has 4 unspecified atom stereocenters. The van der Waals surface area contributed by atoms with E-state index in [4.69, 9.17) is 18.9 Å². The van der Waals surface area contributed by atoms with Crippen LogP contribution in [0.1, 0.15) is 22.3 Å². The molecule has 0 saturated carbocycles. The van der Waals surface area contributed by atoms with E-state index in [1.54, 1.807) is 0 Å². The minimum atomic E-state index is 0.384. The Morgan fingerprint density at radius 3 is 1.08 bits per heavy atom. The summed E-state index contributed by atoms with van der Waals surface area (Å²) in [7, 11) is 0. The summed E-state index contributed by atoms with van der Waals surface area (Å²) in [5.41, 5.74) is 11.0. The minimum Gasteiger partial charge on any atom is -0.371 e. The molecule has 2 aromatic rings. The number of fused-ring (bicyclic) bond motifs is 2. The highest BCUT2D eigenvalue weighted by molar-refractivity contribution is 5.78. The van der Waals surface area contributed by atoms with Crippen molar-refractivity contribution in [3.05, 3.63) is 46.5 Å². The molecule has 0 radical (unpaired) electrons. The average Bonchev–Trinajstić information content (AvgIpc) is 3.73. The van der Waals surface area contributed by atoms with Crippen molar-refractivity contribution < 1.29 is 18.9 Å². The zero-order chi connectivity index (χ0) is 26.1. The lowest BCUT2D eigenvalue weighted by molar-refractivity contribution is 0.400. The van der Waals surface area contributed by atoms with E-state index >= 15 is 0 Å². The standard InChI is InChI=1S/C31H40N4O4/c1-20-7-28-30(34(14-26-18-38-26)5-3-32(28)12-24-16-36-24)10-22(20)9-23-11-31-29(8-21(23)2)33(13-25-17-37-25)4-6-35(31)15-27-19-39-27/h7-8,10-11,24-27H,3-6,9,12-19H2,1-2H3. The molecule has 2 aromatic carbocycles. The highest BCUT2D eigenvalue weighted by atomic mass is 16.6. The Hall–Kier alpha value is -2.52. The van der Waals surface area contributed by atoms with Gasteiger partial charge in [-0.25, -0.2) is 0 Å². The molecule has 6 aliphatic rings. The number of anilines is 4. The Bertz CT molecular complexity index is 1160. The molecule has 0 amide bonds. The second-order valence-electron chi connectivity index (χ2n) is 12.3. The molecule has 4 saturated heterocycles. The van der Waals surface area contributed by atoms with E-state index in [9.17, 15) is 0 Å². The summed E-state index contributed by atoms with van der Waals surface area (Å²) in [6.07, 6.45) is 2.49. The normalized spacial score (nSPS) is 28.4. The van der Waals surface area contributed by atoms with E-state index in [1.807, 2.05) is 0 Å². The van der Waals surface area contributed by atoms with Crippen molar-refractivity contribution in [2.24, 2.45) is 0 Å². The Balaban J connectivity index is 1.12. The molecule has 8 heteroatoms. The first-order valence-corrected chi connectivity index (χ1v) is 14.8. The van der Waals surface area contributed by atoms with Crippen LogP contribution in [0, 0.1) is 13.8 Å². The van der Waals surface area contributed by atoms with Crippen LogP contribution < -0.4 is 19.6 Å². The van der Waals surface area contributed by atoms with E-state index in [2.05, 4.69) is 57.7 Å². The molecule has 0 N–H and O–H groups in total. The molecule has 6 heterocycles. The lowest BCUT2D eigenvalue weighted by Crippen LogP contribution is -2.44. The van der Waals surface area contributed by atoms with E-state index < -0.39 is 0 Å². The maximum atomic E-state index is 5.62. The van der Waals surface area contributed by atoms with Gasteiger partial charge in [0.25, 0.3) is 0 Å². The number of ether oxygens (including phenoxy) is 4. The highest BCUT2D eigenvalue weighted by Crippen LogP contribution is 2.41. The van der Waals surface area contributed by atoms with Gasteiger partial charge in [0, 0.05) is 52.4 Å². The van der Waals surface area contributed by atoms with E-state index in [1.165, 1.54) is 45.0 Å². The van der Waals surface area contributed by atoms with Crippen molar-refractivity contribution in [3.63, 3.8) is 0 Å². The number of benzene rings is 2. The summed E-state index contributed by atoms with van der Waals surface area (Å²) < 4.78 is 22.4. The van der Waals surface area contributed by atoms with Crippen LogP contribution in [0.4, 0.5) is 22.7 Å².